The van der Waals surface area contributed by atoms with Crippen LogP contribution in [0.3, 0.4) is 0 Å². The van der Waals surface area contributed by atoms with Crippen LogP contribution in [0.2, 0.25) is 0 Å². The molecule has 1 aliphatic heterocycles. The lowest BCUT2D eigenvalue weighted by atomic mass is 9.87. The minimum absolute atomic E-state index is 0.00950. The van der Waals surface area contributed by atoms with E-state index in [0.717, 1.165) is 42.9 Å². The van der Waals surface area contributed by atoms with Crippen LogP contribution in [-0.2, 0) is 0 Å². The first kappa shape index (κ1) is 19.6. The molecule has 4 nitrogen and oxygen atoms in total. The first-order valence-corrected chi connectivity index (χ1v) is 10.0. The summed E-state index contributed by atoms with van der Waals surface area (Å²) in [6.07, 6.45) is 4.10. The predicted octanol–water partition coefficient (Wildman–Crippen LogP) is 4.23. The second-order valence-corrected chi connectivity index (χ2v) is 8.08. The molecule has 1 aromatic carbocycles. The number of piperidine rings is 1. The Labute approximate surface area is 163 Å². The van der Waals surface area contributed by atoms with Crippen molar-refractivity contribution in [2.24, 2.45) is 11.8 Å². The van der Waals surface area contributed by atoms with Crippen LogP contribution < -0.4 is 5.32 Å². The number of rotatable bonds is 6. The zero-order chi connectivity index (χ0) is 19.2. The van der Waals surface area contributed by atoms with E-state index in [1.54, 1.807) is 0 Å². The molecule has 2 heterocycles. The van der Waals surface area contributed by atoms with Crippen LogP contribution in [0.1, 0.15) is 54.3 Å². The number of likely N-dealkylation sites (tertiary alicyclic amines) is 1. The monoisotopic (exact) mass is 365 g/mol. The molecule has 4 heteroatoms. The Kier molecular flexibility index (Phi) is 6.62. The SMILES string of the molecule is Cc1ccccc1C(=O)N[C@H](c1ccccn1)[C@H]1CCCN(CC(C)C)C1. The number of amides is 1. The summed E-state index contributed by atoms with van der Waals surface area (Å²) in [7, 11) is 0. The minimum Gasteiger partial charge on any atom is -0.343 e. The van der Waals surface area contributed by atoms with Gasteiger partial charge in [0.25, 0.3) is 5.91 Å². The van der Waals surface area contributed by atoms with Crippen molar-refractivity contribution in [2.45, 2.75) is 39.7 Å². The summed E-state index contributed by atoms with van der Waals surface area (Å²) in [6.45, 7) is 9.77. The molecule has 1 aromatic heterocycles. The number of nitrogens with one attached hydrogen (secondary N) is 1. The maximum absolute atomic E-state index is 13.0. The number of carbonyl (C=O) groups excluding carboxylic acids is 1. The van der Waals surface area contributed by atoms with Crippen LogP contribution in [0.15, 0.2) is 48.7 Å². The highest BCUT2D eigenvalue weighted by atomic mass is 16.1. The highest BCUT2D eigenvalue weighted by Crippen LogP contribution is 2.29. The van der Waals surface area contributed by atoms with Gasteiger partial charge in [0.15, 0.2) is 0 Å². The largest absolute Gasteiger partial charge is 0.343 e. The Bertz CT molecular complexity index is 744. The molecular formula is C23H31N3O. The van der Waals surface area contributed by atoms with Crippen LogP contribution in [0.25, 0.3) is 0 Å². The van der Waals surface area contributed by atoms with Crippen LogP contribution in [0, 0.1) is 18.8 Å². The normalized spacial score (nSPS) is 19.0. The summed E-state index contributed by atoms with van der Waals surface area (Å²) >= 11 is 0. The molecular weight excluding hydrogens is 334 g/mol. The number of hydrogen-bond donors (Lipinski definition) is 1. The van der Waals surface area contributed by atoms with E-state index in [0.29, 0.717) is 11.8 Å². The zero-order valence-electron chi connectivity index (χ0n) is 16.7. The molecule has 27 heavy (non-hydrogen) atoms. The van der Waals surface area contributed by atoms with Crippen LogP contribution in [0.5, 0.6) is 0 Å². The third-order valence-electron chi connectivity index (χ3n) is 5.32. The molecule has 0 spiro atoms. The van der Waals surface area contributed by atoms with E-state index in [-0.39, 0.29) is 11.9 Å². The Morgan fingerprint density at radius 1 is 1.22 bits per heavy atom. The molecule has 0 radical (unpaired) electrons. The van der Waals surface area contributed by atoms with Crippen molar-refractivity contribution in [1.29, 1.82) is 0 Å². The van der Waals surface area contributed by atoms with Gasteiger partial charge in [-0.15, -0.1) is 0 Å². The molecule has 1 aliphatic rings. The summed E-state index contributed by atoms with van der Waals surface area (Å²) in [5.41, 5.74) is 2.70. The topological polar surface area (TPSA) is 45.2 Å². The van der Waals surface area contributed by atoms with Gasteiger partial charge in [-0.25, -0.2) is 0 Å². The second-order valence-electron chi connectivity index (χ2n) is 8.08. The maximum Gasteiger partial charge on any atom is 0.252 e. The van der Waals surface area contributed by atoms with Gasteiger partial charge >= 0.3 is 0 Å². The lowest BCUT2D eigenvalue weighted by Gasteiger charge is -2.37. The number of hydrogen-bond acceptors (Lipinski definition) is 3. The third kappa shape index (κ3) is 5.16. The molecule has 0 aliphatic carbocycles. The minimum atomic E-state index is -0.0618. The Hall–Kier alpha value is -2.20. The van der Waals surface area contributed by atoms with Crippen molar-refractivity contribution in [3.05, 3.63) is 65.5 Å². The molecule has 144 valence electrons. The summed E-state index contributed by atoms with van der Waals surface area (Å²) < 4.78 is 0. The molecule has 3 rings (SSSR count). The quantitative estimate of drug-likeness (QED) is 0.833. The van der Waals surface area contributed by atoms with Crippen molar-refractivity contribution >= 4 is 5.91 Å². The van der Waals surface area contributed by atoms with Crippen molar-refractivity contribution in [2.75, 3.05) is 19.6 Å². The fourth-order valence-corrected chi connectivity index (χ4v) is 4.09. The second kappa shape index (κ2) is 9.14. The molecule has 1 saturated heterocycles. The van der Waals surface area contributed by atoms with Crippen LogP contribution >= 0.6 is 0 Å². The molecule has 0 bridgehead atoms. The number of aryl methyl sites for hydroxylation is 1. The summed E-state index contributed by atoms with van der Waals surface area (Å²) in [6, 6.07) is 13.7. The number of pyridine rings is 1. The van der Waals surface area contributed by atoms with E-state index >= 15 is 0 Å². The summed E-state index contributed by atoms with van der Waals surface area (Å²) in [4.78, 5) is 20.1. The molecule has 0 saturated carbocycles. The van der Waals surface area contributed by atoms with Gasteiger partial charge in [-0.1, -0.05) is 38.1 Å². The van der Waals surface area contributed by atoms with E-state index in [1.165, 1.54) is 6.42 Å². The molecule has 1 fully saturated rings. The average Bonchev–Trinajstić information content (AvgIpc) is 2.66. The molecule has 2 aromatic rings. The van der Waals surface area contributed by atoms with Gasteiger partial charge in [-0.3, -0.25) is 9.78 Å². The standard InChI is InChI=1S/C23H31N3O/c1-17(2)15-26-14-8-10-19(16-26)22(21-12-6-7-13-24-21)25-23(27)20-11-5-4-9-18(20)3/h4-7,9,11-13,17,19,22H,8,10,14-16H2,1-3H3,(H,25,27)/t19-,22-/m0/s1. The highest BCUT2D eigenvalue weighted by Gasteiger charge is 2.31. The molecule has 0 unspecified atom stereocenters. The number of benzene rings is 1. The Morgan fingerprint density at radius 2 is 2.00 bits per heavy atom. The van der Waals surface area contributed by atoms with Gasteiger partial charge < -0.3 is 10.2 Å². The van der Waals surface area contributed by atoms with Gasteiger partial charge in [0.05, 0.1) is 11.7 Å². The van der Waals surface area contributed by atoms with Crippen molar-refractivity contribution in [1.82, 2.24) is 15.2 Å². The fourth-order valence-electron chi connectivity index (χ4n) is 4.09. The molecule has 2 atom stereocenters. The van der Waals surface area contributed by atoms with Gasteiger partial charge in [0, 0.05) is 24.8 Å². The average molecular weight is 366 g/mol. The van der Waals surface area contributed by atoms with E-state index in [4.69, 9.17) is 0 Å². The first-order valence-electron chi connectivity index (χ1n) is 10.0. The van der Waals surface area contributed by atoms with E-state index in [1.807, 2.05) is 55.6 Å². The Balaban J connectivity index is 1.81. The highest BCUT2D eigenvalue weighted by molar-refractivity contribution is 5.95. The number of aromatic nitrogens is 1. The first-order chi connectivity index (χ1) is 13.0. The Morgan fingerprint density at radius 3 is 2.70 bits per heavy atom. The van der Waals surface area contributed by atoms with Gasteiger partial charge in [0.1, 0.15) is 0 Å². The van der Waals surface area contributed by atoms with Crippen molar-refractivity contribution < 1.29 is 4.79 Å². The molecule has 1 amide bonds. The predicted molar refractivity (Wildman–Crippen MR) is 110 cm³/mol. The van der Waals surface area contributed by atoms with E-state index in [2.05, 4.69) is 29.0 Å². The van der Waals surface area contributed by atoms with Crippen LogP contribution in [-0.4, -0.2) is 35.4 Å². The van der Waals surface area contributed by atoms with Gasteiger partial charge in [-0.2, -0.15) is 0 Å². The maximum atomic E-state index is 13.0. The van der Waals surface area contributed by atoms with Gasteiger partial charge in [0.2, 0.25) is 0 Å². The smallest absolute Gasteiger partial charge is 0.252 e. The van der Waals surface area contributed by atoms with Crippen molar-refractivity contribution in [3.8, 4) is 0 Å². The summed E-state index contributed by atoms with van der Waals surface area (Å²) in [5.74, 6) is 1.02. The lowest BCUT2D eigenvalue weighted by molar-refractivity contribution is 0.0870. The zero-order valence-corrected chi connectivity index (χ0v) is 16.7. The van der Waals surface area contributed by atoms with E-state index in [9.17, 15) is 4.79 Å². The van der Waals surface area contributed by atoms with Crippen molar-refractivity contribution in [3.63, 3.8) is 0 Å². The fraction of sp³-hybridized carbons (Fsp3) is 0.478. The molecule has 1 N–H and O–H groups in total. The summed E-state index contributed by atoms with van der Waals surface area (Å²) in [5, 5.41) is 3.31. The third-order valence-corrected chi connectivity index (χ3v) is 5.32. The number of carbonyl (C=O) groups is 1. The number of nitrogens with zero attached hydrogens (tertiary/aromatic N) is 2. The van der Waals surface area contributed by atoms with Gasteiger partial charge in [-0.05, 0) is 61.9 Å². The van der Waals surface area contributed by atoms with Crippen LogP contribution in [0.4, 0.5) is 0 Å². The van der Waals surface area contributed by atoms with E-state index < -0.39 is 0 Å². The lowest BCUT2D eigenvalue weighted by Crippen LogP contribution is -2.44.